The van der Waals surface area contributed by atoms with E-state index >= 15 is 0 Å². The van der Waals surface area contributed by atoms with Gasteiger partial charge in [0.2, 0.25) is 5.91 Å². The van der Waals surface area contributed by atoms with Crippen molar-refractivity contribution in [3.8, 4) is 0 Å². The van der Waals surface area contributed by atoms with Crippen molar-refractivity contribution in [1.82, 2.24) is 0 Å². The summed E-state index contributed by atoms with van der Waals surface area (Å²) in [5.74, 6) is -0.842. The Bertz CT molecular complexity index is 604. The largest absolute Gasteiger partial charge is 0.365 e. The number of likely N-dealkylation sites (N-methyl/N-ethyl adjacent to an activating group) is 1. The summed E-state index contributed by atoms with van der Waals surface area (Å²) < 4.78 is 13.6. The molecule has 0 aliphatic carbocycles. The number of hydrogen-bond donors (Lipinski definition) is 1. The van der Waals surface area contributed by atoms with Crippen LogP contribution in [0.25, 0.3) is 0 Å². The lowest BCUT2D eigenvalue weighted by Gasteiger charge is -2.18. The number of nitrogens with zero attached hydrogens (tertiary/aromatic N) is 1. The molecule has 1 amide bonds. The quantitative estimate of drug-likeness (QED) is 0.934. The molecule has 0 spiro atoms. The van der Waals surface area contributed by atoms with Crippen LogP contribution in [0.2, 0.25) is 5.02 Å². The molecule has 1 N–H and O–H groups in total. The molecule has 0 saturated heterocycles. The zero-order chi connectivity index (χ0) is 14.5. The molecule has 0 aromatic heterocycles. The third-order valence-electron chi connectivity index (χ3n) is 2.78. The van der Waals surface area contributed by atoms with E-state index in [1.807, 2.05) is 30.3 Å². The molecule has 5 heteroatoms. The molecule has 0 fully saturated rings. The van der Waals surface area contributed by atoms with Gasteiger partial charge in [0.05, 0.1) is 12.2 Å². The Morgan fingerprint density at radius 3 is 2.60 bits per heavy atom. The third kappa shape index (κ3) is 3.71. The van der Waals surface area contributed by atoms with Crippen LogP contribution in [0.15, 0.2) is 48.5 Å². The van der Waals surface area contributed by atoms with Gasteiger partial charge in [-0.25, -0.2) is 4.39 Å². The lowest BCUT2D eigenvalue weighted by molar-refractivity contribution is -0.114. The van der Waals surface area contributed by atoms with Crippen molar-refractivity contribution in [1.29, 1.82) is 0 Å². The number of rotatable bonds is 4. The van der Waals surface area contributed by atoms with E-state index < -0.39 is 5.82 Å². The second-order valence-corrected chi connectivity index (χ2v) is 4.80. The predicted octanol–water partition coefficient (Wildman–Crippen LogP) is 3.55. The second kappa shape index (κ2) is 6.39. The minimum Gasteiger partial charge on any atom is -0.365 e. The average Bonchev–Trinajstić information content (AvgIpc) is 2.43. The van der Waals surface area contributed by atoms with E-state index in [0.717, 1.165) is 11.8 Å². The van der Waals surface area contributed by atoms with E-state index in [0.29, 0.717) is 5.02 Å². The first-order valence-electron chi connectivity index (χ1n) is 6.07. The smallest absolute Gasteiger partial charge is 0.243 e. The topological polar surface area (TPSA) is 32.3 Å². The summed E-state index contributed by atoms with van der Waals surface area (Å²) >= 11 is 5.66. The van der Waals surface area contributed by atoms with Crippen molar-refractivity contribution >= 4 is 28.9 Å². The number of hydrogen-bond acceptors (Lipinski definition) is 2. The fourth-order valence-electron chi connectivity index (χ4n) is 1.77. The van der Waals surface area contributed by atoms with Crippen LogP contribution in [-0.2, 0) is 4.79 Å². The second-order valence-electron chi connectivity index (χ2n) is 4.36. The van der Waals surface area contributed by atoms with Crippen LogP contribution >= 0.6 is 11.6 Å². The van der Waals surface area contributed by atoms with Crippen molar-refractivity contribution in [2.45, 2.75) is 0 Å². The van der Waals surface area contributed by atoms with Gasteiger partial charge in [0.1, 0.15) is 5.82 Å². The molecule has 2 aromatic carbocycles. The molecule has 0 aliphatic heterocycles. The van der Waals surface area contributed by atoms with Crippen LogP contribution in [0.1, 0.15) is 0 Å². The summed E-state index contributed by atoms with van der Waals surface area (Å²) in [6.45, 7) is 0.131. The summed E-state index contributed by atoms with van der Waals surface area (Å²) in [6.07, 6.45) is 0. The molecule has 104 valence electrons. The molecule has 0 saturated carbocycles. The van der Waals surface area contributed by atoms with Crippen LogP contribution < -0.4 is 10.2 Å². The Morgan fingerprint density at radius 2 is 1.95 bits per heavy atom. The SMILES string of the molecule is CN(CC(=O)Nc1ccc(Cl)cc1F)c1ccccc1. The zero-order valence-electron chi connectivity index (χ0n) is 10.9. The van der Waals surface area contributed by atoms with Crippen LogP contribution in [0, 0.1) is 5.82 Å². The molecule has 0 atom stereocenters. The first kappa shape index (κ1) is 14.3. The Hall–Kier alpha value is -2.07. The molecular formula is C15H14ClFN2O. The summed E-state index contributed by atoms with van der Waals surface area (Å²) in [5, 5.41) is 2.82. The van der Waals surface area contributed by atoms with Gasteiger partial charge in [-0.1, -0.05) is 29.8 Å². The third-order valence-corrected chi connectivity index (χ3v) is 3.02. The minimum atomic E-state index is -0.548. The van der Waals surface area contributed by atoms with E-state index in [1.54, 1.807) is 11.9 Å². The highest BCUT2D eigenvalue weighted by Gasteiger charge is 2.10. The van der Waals surface area contributed by atoms with Gasteiger partial charge < -0.3 is 10.2 Å². The highest BCUT2D eigenvalue weighted by atomic mass is 35.5. The summed E-state index contributed by atoms with van der Waals surface area (Å²) in [7, 11) is 1.80. The normalized spacial score (nSPS) is 10.2. The molecule has 0 radical (unpaired) electrons. The van der Waals surface area contributed by atoms with Gasteiger partial charge in [0.25, 0.3) is 0 Å². The molecule has 20 heavy (non-hydrogen) atoms. The number of halogens is 2. The Morgan fingerprint density at radius 1 is 1.25 bits per heavy atom. The van der Waals surface area contributed by atoms with Crippen molar-refractivity contribution < 1.29 is 9.18 Å². The number of carbonyl (C=O) groups is 1. The fraction of sp³-hybridized carbons (Fsp3) is 0.133. The Kier molecular flexibility index (Phi) is 4.58. The molecule has 2 rings (SSSR count). The maximum atomic E-state index is 13.6. The molecule has 0 unspecified atom stereocenters. The predicted molar refractivity (Wildman–Crippen MR) is 79.8 cm³/mol. The first-order valence-corrected chi connectivity index (χ1v) is 6.45. The van der Waals surface area contributed by atoms with Crippen molar-refractivity contribution in [3.05, 3.63) is 59.4 Å². The van der Waals surface area contributed by atoms with Gasteiger partial charge in [0.15, 0.2) is 0 Å². The molecule has 2 aromatic rings. The van der Waals surface area contributed by atoms with Crippen molar-refractivity contribution in [3.63, 3.8) is 0 Å². The molecule has 3 nitrogen and oxygen atoms in total. The maximum Gasteiger partial charge on any atom is 0.243 e. The van der Waals surface area contributed by atoms with E-state index in [9.17, 15) is 9.18 Å². The summed E-state index contributed by atoms with van der Waals surface area (Å²) in [4.78, 5) is 13.7. The number of anilines is 2. The summed E-state index contributed by atoms with van der Waals surface area (Å²) in [6, 6.07) is 13.6. The number of para-hydroxylation sites is 1. The minimum absolute atomic E-state index is 0.126. The first-order chi connectivity index (χ1) is 9.56. The molecule has 0 bridgehead atoms. The molecule has 0 heterocycles. The average molecular weight is 293 g/mol. The van der Waals surface area contributed by atoms with Crippen LogP contribution in [-0.4, -0.2) is 19.5 Å². The number of nitrogens with one attached hydrogen (secondary N) is 1. The van der Waals surface area contributed by atoms with E-state index in [4.69, 9.17) is 11.6 Å². The Labute approximate surface area is 122 Å². The fourth-order valence-corrected chi connectivity index (χ4v) is 1.93. The Balaban J connectivity index is 1.99. The highest BCUT2D eigenvalue weighted by Crippen LogP contribution is 2.19. The van der Waals surface area contributed by atoms with Gasteiger partial charge in [-0.05, 0) is 30.3 Å². The van der Waals surface area contributed by atoms with Crippen LogP contribution in [0.4, 0.5) is 15.8 Å². The van der Waals surface area contributed by atoms with E-state index in [-0.39, 0.29) is 18.1 Å². The number of benzene rings is 2. The van der Waals surface area contributed by atoms with Crippen molar-refractivity contribution in [2.75, 3.05) is 23.8 Å². The molecule has 0 aliphatic rings. The van der Waals surface area contributed by atoms with Gasteiger partial charge in [-0.2, -0.15) is 0 Å². The van der Waals surface area contributed by atoms with Gasteiger partial charge >= 0.3 is 0 Å². The maximum absolute atomic E-state index is 13.6. The van der Waals surface area contributed by atoms with E-state index in [1.165, 1.54) is 12.1 Å². The lowest BCUT2D eigenvalue weighted by atomic mass is 10.3. The van der Waals surface area contributed by atoms with Crippen molar-refractivity contribution in [2.24, 2.45) is 0 Å². The van der Waals surface area contributed by atoms with Gasteiger partial charge in [-0.3, -0.25) is 4.79 Å². The highest BCUT2D eigenvalue weighted by molar-refractivity contribution is 6.30. The van der Waals surface area contributed by atoms with Gasteiger partial charge in [-0.15, -0.1) is 0 Å². The summed E-state index contributed by atoms with van der Waals surface area (Å²) in [5.41, 5.74) is 1.04. The number of carbonyl (C=O) groups excluding carboxylic acids is 1. The standard InChI is InChI=1S/C15H14ClFN2O/c1-19(12-5-3-2-4-6-12)10-15(20)18-14-8-7-11(16)9-13(14)17/h2-9H,10H2,1H3,(H,18,20). The van der Waals surface area contributed by atoms with E-state index in [2.05, 4.69) is 5.32 Å². The van der Waals surface area contributed by atoms with Crippen LogP contribution in [0.3, 0.4) is 0 Å². The van der Waals surface area contributed by atoms with Gasteiger partial charge in [0, 0.05) is 17.8 Å². The monoisotopic (exact) mass is 292 g/mol. The van der Waals surface area contributed by atoms with Crippen LogP contribution in [0.5, 0.6) is 0 Å². The zero-order valence-corrected chi connectivity index (χ0v) is 11.7. The molecular weight excluding hydrogens is 279 g/mol. The number of amides is 1. The lowest BCUT2D eigenvalue weighted by Crippen LogP contribution is -2.30.